The van der Waals surface area contributed by atoms with Gasteiger partial charge in [0.1, 0.15) is 0 Å². The first-order valence-corrected chi connectivity index (χ1v) is 8.84. The van der Waals surface area contributed by atoms with E-state index in [-0.39, 0.29) is 6.84 Å². The van der Waals surface area contributed by atoms with Gasteiger partial charge < -0.3 is 5.32 Å². The van der Waals surface area contributed by atoms with Gasteiger partial charge in [0, 0.05) is 36.4 Å². The van der Waals surface area contributed by atoms with Crippen LogP contribution in [0.1, 0.15) is 40.0 Å². The third-order valence-electron chi connectivity index (χ3n) is 3.21. The number of thiazole rings is 2. The fourth-order valence-electron chi connectivity index (χ4n) is 1.92. The van der Waals surface area contributed by atoms with Crippen molar-refractivity contribution in [3.63, 3.8) is 0 Å². The second-order valence-corrected chi connectivity index (χ2v) is 7.74. The highest BCUT2D eigenvalue weighted by atomic mass is 32.1. The lowest BCUT2D eigenvalue weighted by atomic mass is 9.93. The molecule has 6 heteroatoms. The number of aliphatic imine (C=N–C) groups is 1. The molecule has 0 fully saturated rings. The van der Waals surface area contributed by atoms with E-state index in [1.165, 1.54) is 5.57 Å². The average Bonchev–Trinajstić information content (AvgIpc) is 3.03. The molecule has 3 heterocycles. The summed E-state index contributed by atoms with van der Waals surface area (Å²) in [7, 11) is 0. The molecule has 2 aromatic rings. The first-order valence-electron chi connectivity index (χ1n) is 7.08. The zero-order valence-electron chi connectivity index (χ0n) is 12.8. The maximum atomic E-state index is 4.65. The Labute approximate surface area is 139 Å². The molecule has 3 rings (SSSR count). The van der Waals surface area contributed by atoms with Crippen molar-refractivity contribution in [3.05, 3.63) is 40.5 Å². The summed E-state index contributed by atoms with van der Waals surface area (Å²) in [6.07, 6.45) is 8.51. The highest BCUT2D eigenvalue weighted by Gasteiger charge is 2.18. The number of aromatic nitrogens is 2. The van der Waals surface area contributed by atoms with E-state index in [4.69, 9.17) is 0 Å². The van der Waals surface area contributed by atoms with Crippen LogP contribution in [0.3, 0.4) is 0 Å². The van der Waals surface area contributed by atoms with Crippen molar-refractivity contribution in [3.8, 4) is 0 Å². The lowest BCUT2D eigenvalue weighted by molar-refractivity contribution is 0.573. The molecule has 0 unspecified atom stereocenters. The van der Waals surface area contributed by atoms with Crippen molar-refractivity contribution in [2.24, 2.45) is 4.99 Å². The third kappa shape index (κ3) is 3.51. The number of allylic oxidation sites excluding steroid dienone is 3. The second kappa shape index (κ2) is 6.14. The summed E-state index contributed by atoms with van der Waals surface area (Å²) in [5.41, 5.74) is 3.35. The van der Waals surface area contributed by atoms with Gasteiger partial charge in [0.05, 0.1) is 11.4 Å². The van der Waals surface area contributed by atoms with Crippen LogP contribution in [0, 0.1) is 0 Å². The van der Waals surface area contributed by atoms with Gasteiger partial charge in [-0.25, -0.2) is 9.97 Å². The monoisotopic (exact) mass is 332 g/mol. The summed E-state index contributed by atoms with van der Waals surface area (Å²) in [4.78, 5) is 13.4. The Hall–Kier alpha value is -1.79. The van der Waals surface area contributed by atoms with Crippen LogP contribution in [0.2, 0.25) is 0 Å². The van der Waals surface area contributed by atoms with E-state index in [2.05, 4.69) is 57.9 Å². The van der Waals surface area contributed by atoms with Crippen LogP contribution in [-0.4, -0.2) is 16.2 Å². The van der Waals surface area contributed by atoms with Crippen LogP contribution in [-0.2, 0) is 5.41 Å². The Kier molecular flexibility index (Phi) is 4.22. The number of hydrogen-bond donors (Lipinski definition) is 1. The third-order valence-corrected chi connectivity index (χ3v) is 4.72. The van der Waals surface area contributed by atoms with Gasteiger partial charge in [-0.15, -0.1) is 22.7 Å². The molecule has 0 bridgehead atoms. The fraction of sp³-hybridized carbons (Fsp3) is 0.312. The van der Waals surface area contributed by atoms with E-state index in [0.717, 1.165) is 28.1 Å². The Balaban J connectivity index is 0.00000192. The number of hydrogen-bond acceptors (Lipinski definition) is 6. The molecule has 0 atom stereocenters. The Morgan fingerprint density at radius 3 is 2.68 bits per heavy atom. The fourth-order valence-corrected chi connectivity index (χ4v) is 3.66. The van der Waals surface area contributed by atoms with Crippen LogP contribution in [0.4, 0.5) is 10.3 Å². The molecule has 116 valence electrons. The van der Waals surface area contributed by atoms with Crippen LogP contribution < -0.4 is 5.32 Å². The summed E-state index contributed by atoms with van der Waals surface area (Å²) in [5.74, 6) is 0. The molecule has 2 aromatic heterocycles. The molecular weight excluding hydrogens is 312 g/mol. The Morgan fingerprint density at radius 2 is 1.91 bits per heavy atom. The minimum absolute atomic E-state index is 0. The molecule has 0 saturated heterocycles. The maximum absolute atomic E-state index is 4.65. The molecular formula is C16H20N4S2. The van der Waals surface area contributed by atoms with Crippen molar-refractivity contribution in [1.82, 2.24) is 9.97 Å². The van der Waals surface area contributed by atoms with Crippen molar-refractivity contribution in [2.45, 2.75) is 32.6 Å². The molecule has 1 N–H and O–H groups in total. The summed E-state index contributed by atoms with van der Waals surface area (Å²) in [5, 5.41) is 9.24. The lowest BCUT2D eigenvalue weighted by Gasteiger charge is -2.14. The highest BCUT2D eigenvalue weighted by molar-refractivity contribution is 7.16. The number of nitrogens with one attached hydrogen (secondary N) is 1. The lowest BCUT2D eigenvalue weighted by Crippen LogP contribution is -2.11. The normalized spacial score (nSPS) is 14.8. The second-order valence-electron chi connectivity index (χ2n) is 6.02. The zero-order chi connectivity index (χ0) is 15.6. The van der Waals surface area contributed by atoms with Gasteiger partial charge in [-0.05, 0) is 11.6 Å². The average molecular weight is 332 g/mol. The number of nitrogens with zero attached hydrogens (tertiary/aromatic N) is 3. The molecule has 0 saturated carbocycles. The van der Waals surface area contributed by atoms with Crippen LogP contribution in [0.5, 0.6) is 0 Å². The van der Waals surface area contributed by atoms with E-state index >= 15 is 0 Å². The number of rotatable bonds is 3. The predicted octanol–water partition coefficient (Wildman–Crippen LogP) is 5.26. The van der Waals surface area contributed by atoms with Crippen molar-refractivity contribution >= 4 is 44.7 Å². The predicted molar refractivity (Wildman–Crippen MR) is 98.6 cm³/mol. The largest absolute Gasteiger partial charge is 0.307 e. The summed E-state index contributed by atoms with van der Waals surface area (Å²) >= 11 is 3.21. The van der Waals surface area contributed by atoms with Gasteiger partial charge in [-0.1, -0.05) is 26.8 Å². The molecule has 1 aliphatic rings. The first kappa shape index (κ1) is 15.1. The molecule has 0 aromatic carbocycles. The standard InChI is InChI=1S/C16H18N4S2.H2/c1-16(2,3)13-10-22-15(19-13)20-14-18-12(9-21-14)11-5-4-7-17-8-6-11;/h4-5,7-10H,6H2,1-3H3,(H,18,19,20);1H. The molecule has 0 amide bonds. The van der Waals surface area contributed by atoms with E-state index < -0.39 is 0 Å². The van der Waals surface area contributed by atoms with Crippen molar-refractivity contribution < 1.29 is 1.43 Å². The molecule has 1 aliphatic heterocycles. The number of anilines is 2. The van der Waals surface area contributed by atoms with Crippen LogP contribution in [0.15, 0.2) is 34.1 Å². The zero-order valence-corrected chi connectivity index (χ0v) is 14.5. The summed E-state index contributed by atoms with van der Waals surface area (Å²) in [6, 6.07) is 0. The molecule has 4 nitrogen and oxygen atoms in total. The van der Waals surface area contributed by atoms with Crippen LogP contribution in [0.25, 0.3) is 5.57 Å². The summed E-state index contributed by atoms with van der Waals surface area (Å²) < 4.78 is 0. The van der Waals surface area contributed by atoms with E-state index in [1.807, 2.05) is 12.3 Å². The Morgan fingerprint density at radius 1 is 1.14 bits per heavy atom. The molecule has 0 aliphatic carbocycles. The SMILES string of the molecule is CC(C)(C)c1csc(Nc2nc(C3=CC=CN=CC3)cs2)n1.[HH]. The highest BCUT2D eigenvalue weighted by Crippen LogP contribution is 2.30. The smallest absolute Gasteiger partial charge is 0.189 e. The van der Waals surface area contributed by atoms with Crippen LogP contribution >= 0.6 is 22.7 Å². The topological polar surface area (TPSA) is 50.2 Å². The van der Waals surface area contributed by atoms with E-state index in [9.17, 15) is 0 Å². The van der Waals surface area contributed by atoms with E-state index in [0.29, 0.717) is 0 Å². The van der Waals surface area contributed by atoms with Gasteiger partial charge in [-0.2, -0.15) is 0 Å². The first-order chi connectivity index (χ1) is 10.5. The van der Waals surface area contributed by atoms with Crippen molar-refractivity contribution in [1.29, 1.82) is 0 Å². The van der Waals surface area contributed by atoms with Gasteiger partial charge in [0.25, 0.3) is 0 Å². The minimum atomic E-state index is 0. The van der Waals surface area contributed by atoms with Gasteiger partial charge in [0.15, 0.2) is 10.3 Å². The molecule has 0 spiro atoms. The van der Waals surface area contributed by atoms with E-state index in [1.54, 1.807) is 28.9 Å². The summed E-state index contributed by atoms with van der Waals surface area (Å²) in [6.45, 7) is 6.50. The minimum Gasteiger partial charge on any atom is -0.307 e. The Bertz CT molecular complexity index is 750. The molecule has 22 heavy (non-hydrogen) atoms. The van der Waals surface area contributed by atoms with Gasteiger partial charge >= 0.3 is 0 Å². The molecule has 0 radical (unpaired) electrons. The maximum Gasteiger partial charge on any atom is 0.189 e. The quantitative estimate of drug-likeness (QED) is 0.834. The van der Waals surface area contributed by atoms with Gasteiger partial charge in [-0.3, -0.25) is 4.99 Å². The van der Waals surface area contributed by atoms with Crippen molar-refractivity contribution in [2.75, 3.05) is 5.32 Å². The van der Waals surface area contributed by atoms with Gasteiger partial charge in [0.2, 0.25) is 0 Å².